The molecule has 1 atom stereocenters. The number of hydrogen-bond donors (Lipinski definition) is 1. The third kappa shape index (κ3) is 3.70. The van der Waals surface area contributed by atoms with Crippen molar-refractivity contribution in [1.29, 1.82) is 0 Å². The van der Waals surface area contributed by atoms with Gasteiger partial charge in [0.05, 0.1) is 0 Å². The van der Waals surface area contributed by atoms with E-state index in [1.807, 2.05) is 6.07 Å². The Kier molecular flexibility index (Phi) is 5.13. The van der Waals surface area contributed by atoms with Crippen molar-refractivity contribution in [1.82, 2.24) is 5.09 Å². The van der Waals surface area contributed by atoms with Crippen LogP contribution >= 0.6 is 6.56 Å². The van der Waals surface area contributed by atoms with E-state index in [1.165, 1.54) is 16.3 Å². The van der Waals surface area contributed by atoms with Gasteiger partial charge >= 0.3 is 202 Å². The van der Waals surface area contributed by atoms with Gasteiger partial charge in [0.25, 0.3) is 0 Å². The fourth-order valence-corrected chi connectivity index (χ4v) is 8.15. The standard InChI is InChI=1S/C28H22NO2PSe/c1-19(20-9-3-2-4-10-20)29-32(33)30-25-17-15-21-11-5-7-13-23(21)27(25)28-24-14-8-6-12-22(24)16-18-26(28)31-32/h2-19H,1H3,(H,29,33). The maximum atomic E-state index is 6.70. The van der Waals surface area contributed by atoms with Crippen LogP contribution in [-0.2, 0) is 0 Å². The molecule has 1 heterocycles. The van der Waals surface area contributed by atoms with Crippen LogP contribution in [0, 0.1) is 0 Å². The summed E-state index contributed by atoms with van der Waals surface area (Å²) in [5.41, 5.74) is 3.33. The molecule has 5 aromatic rings. The summed E-state index contributed by atoms with van der Waals surface area (Å²) in [6, 6.07) is 35.7. The van der Waals surface area contributed by atoms with E-state index in [4.69, 9.17) is 9.05 Å². The third-order valence-corrected chi connectivity index (χ3v) is 9.30. The van der Waals surface area contributed by atoms with E-state index in [-0.39, 0.29) is 6.04 Å². The van der Waals surface area contributed by atoms with Crippen LogP contribution in [0.2, 0.25) is 0 Å². The molecule has 0 fully saturated rings. The number of fused-ring (bicyclic) bond motifs is 7. The first-order valence-electron chi connectivity index (χ1n) is 11.0. The van der Waals surface area contributed by atoms with Crippen molar-refractivity contribution >= 4 is 43.7 Å². The zero-order valence-electron chi connectivity index (χ0n) is 18.1. The molecule has 0 saturated heterocycles. The van der Waals surface area contributed by atoms with Gasteiger partial charge in [0.1, 0.15) is 0 Å². The van der Waals surface area contributed by atoms with E-state index in [1.54, 1.807) is 0 Å². The summed E-state index contributed by atoms with van der Waals surface area (Å²) in [6.07, 6.45) is 0. The second-order valence-electron chi connectivity index (χ2n) is 8.26. The van der Waals surface area contributed by atoms with Gasteiger partial charge in [-0.25, -0.2) is 0 Å². The molecule has 0 aromatic heterocycles. The first kappa shape index (κ1) is 20.7. The molecule has 1 aliphatic rings. The zero-order chi connectivity index (χ0) is 22.4. The molecule has 0 bridgehead atoms. The quantitative estimate of drug-likeness (QED) is 0.198. The molecule has 0 radical (unpaired) electrons. The zero-order valence-corrected chi connectivity index (χ0v) is 20.7. The van der Waals surface area contributed by atoms with Crippen molar-refractivity contribution < 1.29 is 9.05 Å². The van der Waals surface area contributed by atoms with Crippen molar-refractivity contribution in [2.24, 2.45) is 0 Å². The molecule has 5 aromatic carbocycles. The second-order valence-corrected chi connectivity index (χ2v) is 12.9. The summed E-state index contributed by atoms with van der Waals surface area (Å²) in [4.78, 5) is 0. The topological polar surface area (TPSA) is 30.5 Å². The second kappa shape index (κ2) is 8.17. The van der Waals surface area contributed by atoms with Crippen LogP contribution in [0.15, 0.2) is 103 Å². The molecular formula is C28H22NO2PSe. The molecule has 3 nitrogen and oxygen atoms in total. The molecule has 33 heavy (non-hydrogen) atoms. The van der Waals surface area contributed by atoms with Crippen molar-refractivity contribution in [3.63, 3.8) is 0 Å². The predicted molar refractivity (Wildman–Crippen MR) is 139 cm³/mol. The average Bonchev–Trinajstić information content (AvgIpc) is 2.98. The first-order valence-corrected chi connectivity index (χ1v) is 14.8. The van der Waals surface area contributed by atoms with Crippen LogP contribution in [-0.4, -0.2) is 15.6 Å². The summed E-state index contributed by atoms with van der Waals surface area (Å²) < 4.78 is 13.4. The van der Waals surface area contributed by atoms with Gasteiger partial charge in [-0.15, -0.1) is 0 Å². The minimum absolute atomic E-state index is 0.0479. The Morgan fingerprint density at radius 3 is 1.67 bits per heavy atom. The van der Waals surface area contributed by atoms with Gasteiger partial charge < -0.3 is 0 Å². The molecule has 0 amide bonds. The molecule has 0 saturated carbocycles. The molecule has 0 aliphatic carbocycles. The summed E-state index contributed by atoms with van der Waals surface area (Å²) in [5, 5.41) is 8.30. The van der Waals surface area contributed by atoms with E-state index in [0.717, 1.165) is 33.4 Å². The van der Waals surface area contributed by atoms with Crippen LogP contribution in [0.3, 0.4) is 0 Å². The van der Waals surface area contributed by atoms with Crippen molar-refractivity contribution in [3.8, 4) is 22.6 Å². The summed E-state index contributed by atoms with van der Waals surface area (Å²) >= 11 is 3.27. The minimum atomic E-state index is -2.62. The van der Waals surface area contributed by atoms with E-state index in [0.29, 0.717) is 0 Å². The molecule has 1 N–H and O–H groups in total. The SMILES string of the molecule is CC(N[P+]1([Se-])Oc2ccc3ccccc3c2-c2c(ccc3ccccc23)O1)c1ccccc1. The van der Waals surface area contributed by atoms with Crippen LogP contribution in [0.25, 0.3) is 32.7 Å². The normalized spacial score (nSPS) is 15.1. The molecule has 1 aliphatic heterocycles. The van der Waals surface area contributed by atoms with Crippen molar-refractivity contribution in [2.45, 2.75) is 13.0 Å². The van der Waals surface area contributed by atoms with Gasteiger partial charge in [0.15, 0.2) is 0 Å². The molecule has 6 rings (SSSR count). The Morgan fingerprint density at radius 2 is 1.12 bits per heavy atom. The van der Waals surface area contributed by atoms with E-state index in [9.17, 15) is 0 Å². The molecule has 162 valence electrons. The fraction of sp³-hybridized carbons (Fsp3) is 0.0714. The van der Waals surface area contributed by atoms with E-state index in [2.05, 4.69) is 125 Å². The van der Waals surface area contributed by atoms with Crippen LogP contribution in [0.4, 0.5) is 0 Å². The Balaban J connectivity index is 1.58. The molecular weight excluding hydrogens is 492 g/mol. The number of nitrogens with one attached hydrogen (secondary N) is 1. The van der Waals surface area contributed by atoms with E-state index < -0.39 is 6.56 Å². The van der Waals surface area contributed by atoms with Crippen molar-refractivity contribution in [3.05, 3.63) is 109 Å². The summed E-state index contributed by atoms with van der Waals surface area (Å²) in [6.45, 7) is -0.490. The Labute approximate surface area is 201 Å². The van der Waals surface area contributed by atoms with Crippen LogP contribution < -0.4 is 14.1 Å². The van der Waals surface area contributed by atoms with Gasteiger partial charge in [-0.2, -0.15) is 0 Å². The summed E-state index contributed by atoms with van der Waals surface area (Å²) in [7, 11) is 0. The number of benzene rings is 5. The van der Waals surface area contributed by atoms with E-state index >= 15 is 0 Å². The molecule has 5 heteroatoms. The number of hydrogen-bond acceptors (Lipinski definition) is 3. The Hall–Kier alpha value is -2.87. The van der Waals surface area contributed by atoms with Gasteiger partial charge in [-0.05, 0) is 0 Å². The molecule has 0 spiro atoms. The average molecular weight is 514 g/mol. The van der Waals surface area contributed by atoms with Crippen LogP contribution in [0.5, 0.6) is 11.5 Å². The Morgan fingerprint density at radius 1 is 0.636 bits per heavy atom. The third-order valence-electron chi connectivity index (χ3n) is 6.12. The Bertz CT molecular complexity index is 1400. The predicted octanol–water partition coefficient (Wildman–Crippen LogP) is 7.63. The van der Waals surface area contributed by atoms with Gasteiger partial charge in [-0.3, -0.25) is 0 Å². The number of rotatable bonds is 3. The van der Waals surface area contributed by atoms with Crippen molar-refractivity contribution in [2.75, 3.05) is 0 Å². The van der Waals surface area contributed by atoms with Gasteiger partial charge in [0, 0.05) is 0 Å². The monoisotopic (exact) mass is 515 g/mol. The molecule has 1 unspecified atom stereocenters. The van der Waals surface area contributed by atoms with Gasteiger partial charge in [-0.1, -0.05) is 0 Å². The van der Waals surface area contributed by atoms with Crippen LogP contribution in [0.1, 0.15) is 18.5 Å². The summed E-state index contributed by atoms with van der Waals surface area (Å²) in [5.74, 6) is 1.65. The van der Waals surface area contributed by atoms with Gasteiger partial charge in [0.2, 0.25) is 0 Å². The fourth-order valence-electron chi connectivity index (χ4n) is 4.55. The first-order chi connectivity index (χ1) is 16.1. The maximum absolute atomic E-state index is 6.70.